The summed E-state index contributed by atoms with van der Waals surface area (Å²) in [7, 11) is 4.77. The van der Waals surface area contributed by atoms with Crippen LogP contribution in [-0.4, -0.2) is 115 Å². The zero-order valence-corrected chi connectivity index (χ0v) is 34.0. The van der Waals surface area contributed by atoms with Gasteiger partial charge in [0, 0.05) is 52.4 Å². The van der Waals surface area contributed by atoms with E-state index in [1.807, 2.05) is 70.3 Å². The van der Waals surface area contributed by atoms with Crippen molar-refractivity contribution in [3.8, 4) is 0 Å². The van der Waals surface area contributed by atoms with E-state index < -0.39 is 41.8 Å². The molecule has 3 heterocycles. The van der Waals surface area contributed by atoms with Crippen molar-refractivity contribution in [3.05, 3.63) is 52.5 Å². The lowest BCUT2D eigenvalue weighted by Gasteiger charge is -2.41. The smallest absolute Gasteiger partial charge is 0.259 e. The van der Waals surface area contributed by atoms with Crippen LogP contribution < -0.4 is 16.0 Å². The summed E-state index contributed by atoms with van der Waals surface area (Å²) in [4.78, 5) is 63.1. The molecule has 0 aliphatic carbocycles. The lowest BCUT2D eigenvalue weighted by Crippen LogP contribution is -2.59. The van der Waals surface area contributed by atoms with Crippen molar-refractivity contribution in [2.75, 3.05) is 40.9 Å². The highest BCUT2D eigenvalue weighted by Crippen LogP contribution is 2.31. The van der Waals surface area contributed by atoms with Crippen LogP contribution in [0.3, 0.4) is 0 Å². The fraction of sp³-hybridized carbons (Fsp3) is 0.675. The molecule has 2 aliphatic rings. The van der Waals surface area contributed by atoms with Gasteiger partial charge in [0.1, 0.15) is 11.0 Å². The van der Waals surface area contributed by atoms with Crippen molar-refractivity contribution < 1.29 is 33.0 Å². The van der Waals surface area contributed by atoms with Crippen LogP contribution in [0.5, 0.6) is 0 Å². The summed E-state index contributed by atoms with van der Waals surface area (Å²) in [5.41, 5.74) is -0.990. The maximum Gasteiger partial charge on any atom is 0.259 e. The van der Waals surface area contributed by atoms with E-state index in [4.69, 9.17) is 9.47 Å². The zero-order chi connectivity index (χ0) is 39.6. The molecule has 4 rings (SSSR count). The molecule has 3 N–H and O–H groups in total. The van der Waals surface area contributed by atoms with Crippen LogP contribution in [-0.2, 0) is 35.1 Å². The number of benzene rings is 1. The number of nitrogens with zero attached hydrogens (tertiary/aromatic N) is 3. The maximum absolute atomic E-state index is 15.3. The summed E-state index contributed by atoms with van der Waals surface area (Å²) < 4.78 is 27.3. The fourth-order valence-corrected chi connectivity index (χ4v) is 8.61. The number of ether oxygens (including phenoxy) is 2. The molecular weight excluding hydrogens is 712 g/mol. The van der Waals surface area contributed by atoms with E-state index in [0.29, 0.717) is 32.4 Å². The predicted molar refractivity (Wildman–Crippen MR) is 207 cm³/mol. The first-order valence-corrected chi connectivity index (χ1v) is 20.2. The number of nitrogens with one attached hydrogen (secondary N) is 3. The van der Waals surface area contributed by atoms with Crippen LogP contribution in [0.1, 0.15) is 83.3 Å². The second-order valence-electron chi connectivity index (χ2n) is 15.3. The molecule has 300 valence electrons. The largest absolute Gasteiger partial charge is 0.379 e. The molecule has 0 spiro atoms. The molecule has 0 bridgehead atoms. The summed E-state index contributed by atoms with van der Waals surface area (Å²) in [6.07, 6.45) is 3.26. The average Bonchev–Trinajstić information content (AvgIpc) is 3.97. The third kappa shape index (κ3) is 10.4. The van der Waals surface area contributed by atoms with Gasteiger partial charge in [-0.2, -0.15) is 0 Å². The highest BCUT2D eigenvalue weighted by molar-refractivity contribution is 7.09. The Morgan fingerprint density at radius 1 is 1.11 bits per heavy atom. The number of carbonyl (C=O) groups excluding carboxylic acids is 4. The molecule has 2 fully saturated rings. The van der Waals surface area contributed by atoms with Gasteiger partial charge < -0.3 is 35.2 Å². The molecule has 0 saturated carbocycles. The number of carbonyl (C=O) groups is 4. The van der Waals surface area contributed by atoms with Gasteiger partial charge in [-0.05, 0) is 43.2 Å². The van der Waals surface area contributed by atoms with Crippen LogP contribution in [0, 0.1) is 17.8 Å². The number of likely N-dealkylation sites (tertiary alicyclic amines) is 1. The van der Waals surface area contributed by atoms with E-state index in [1.54, 1.807) is 30.2 Å². The Morgan fingerprint density at radius 3 is 2.41 bits per heavy atom. The molecular formula is C40H61FN6O6S. The van der Waals surface area contributed by atoms with Gasteiger partial charge in [0.2, 0.25) is 23.4 Å². The Kier molecular flexibility index (Phi) is 16.0. The molecule has 4 amide bonds. The SMILES string of the molecule is CCC(C)C(C(CC(=O)N1CCCC1C(OC)C(C)C(=O)NC(Cc1ccccc1)c1nccs1)OC)N(C)C(=O)C(NC(=O)C1(F)CCNC1)C(C)C. The lowest BCUT2D eigenvalue weighted by molar-refractivity contribution is -0.148. The number of amides is 4. The Morgan fingerprint density at radius 2 is 1.83 bits per heavy atom. The van der Waals surface area contributed by atoms with Crippen molar-refractivity contribution in [1.82, 2.24) is 30.7 Å². The number of methoxy groups -OCH3 is 2. The van der Waals surface area contributed by atoms with Gasteiger partial charge in [-0.15, -0.1) is 11.3 Å². The van der Waals surface area contributed by atoms with E-state index in [-0.39, 0.29) is 61.0 Å². The monoisotopic (exact) mass is 772 g/mol. The standard InChI is InChI=1S/C40H61FN6O6S/c1-9-26(4)34(46(6)38(50)33(25(2)3)45-39(51)40(41)17-18-42-24-40)31(52-7)23-32(48)47-20-13-16-30(47)35(53-8)27(5)36(49)44-29(37-43-19-21-54-37)22-28-14-11-10-12-15-28/h10-12,14-15,19,21,25-27,29-31,33-35,42H,9,13,16-18,20,22-24H2,1-8H3,(H,44,49)(H,45,51). The molecule has 0 radical (unpaired) electrons. The Balaban J connectivity index is 1.47. The minimum atomic E-state index is -2.07. The summed E-state index contributed by atoms with van der Waals surface area (Å²) >= 11 is 1.49. The summed E-state index contributed by atoms with van der Waals surface area (Å²) in [5, 5.41) is 11.5. The summed E-state index contributed by atoms with van der Waals surface area (Å²) in [5.74, 6) is -2.45. The molecule has 12 nitrogen and oxygen atoms in total. The molecule has 2 saturated heterocycles. The zero-order valence-electron chi connectivity index (χ0n) is 33.2. The molecule has 1 aromatic heterocycles. The second-order valence-corrected chi connectivity index (χ2v) is 16.2. The van der Waals surface area contributed by atoms with Gasteiger partial charge in [-0.1, -0.05) is 71.4 Å². The Bertz CT molecular complexity index is 1510. The number of thiazole rings is 1. The quantitative estimate of drug-likeness (QED) is 0.192. The molecule has 9 atom stereocenters. The highest BCUT2D eigenvalue weighted by atomic mass is 32.1. The first-order chi connectivity index (χ1) is 25.8. The van der Waals surface area contributed by atoms with E-state index in [9.17, 15) is 19.2 Å². The van der Waals surface area contributed by atoms with E-state index in [0.717, 1.165) is 17.0 Å². The number of likely N-dealkylation sites (N-methyl/N-ethyl adjacent to an activating group) is 1. The molecule has 2 aliphatic heterocycles. The van der Waals surface area contributed by atoms with Gasteiger partial charge in [0.15, 0.2) is 0 Å². The normalized spacial score (nSPS) is 22.6. The topological polar surface area (TPSA) is 142 Å². The van der Waals surface area contributed by atoms with Gasteiger partial charge in [-0.25, -0.2) is 9.37 Å². The van der Waals surface area contributed by atoms with Gasteiger partial charge in [-0.3, -0.25) is 19.2 Å². The highest BCUT2D eigenvalue weighted by Gasteiger charge is 2.46. The minimum Gasteiger partial charge on any atom is -0.379 e. The summed E-state index contributed by atoms with van der Waals surface area (Å²) in [6.45, 7) is 10.3. The number of aromatic nitrogens is 1. The van der Waals surface area contributed by atoms with Crippen molar-refractivity contribution in [1.29, 1.82) is 0 Å². The first-order valence-electron chi connectivity index (χ1n) is 19.3. The number of hydrogen-bond donors (Lipinski definition) is 3. The number of hydrogen-bond acceptors (Lipinski definition) is 9. The molecule has 1 aromatic carbocycles. The number of alkyl halides is 1. The summed E-state index contributed by atoms with van der Waals surface area (Å²) in [6, 6.07) is 7.82. The Hall–Kier alpha value is -3.46. The van der Waals surface area contributed by atoms with Gasteiger partial charge >= 0.3 is 0 Å². The number of halogens is 1. The first kappa shape index (κ1) is 43.3. The van der Waals surface area contributed by atoms with Crippen LogP contribution in [0.15, 0.2) is 41.9 Å². The Labute approximate surface area is 324 Å². The van der Waals surface area contributed by atoms with E-state index >= 15 is 4.39 Å². The van der Waals surface area contributed by atoms with Crippen molar-refractivity contribution >= 4 is 35.0 Å². The van der Waals surface area contributed by atoms with Crippen LogP contribution in [0.25, 0.3) is 0 Å². The molecule has 9 unspecified atom stereocenters. The third-order valence-corrected chi connectivity index (χ3v) is 12.2. The maximum atomic E-state index is 15.3. The fourth-order valence-electron chi connectivity index (χ4n) is 7.92. The van der Waals surface area contributed by atoms with Crippen molar-refractivity contribution in [2.45, 2.75) is 115 Å². The molecule has 2 aromatic rings. The van der Waals surface area contributed by atoms with Gasteiger partial charge in [0.25, 0.3) is 5.91 Å². The lowest BCUT2D eigenvalue weighted by atomic mass is 9.89. The van der Waals surface area contributed by atoms with Crippen LogP contribution in [0.2, 0.25) is 0 Å². The number of rotatable bonds is 19. The minimum absolute atomic E-state index is 0.00218. The van der Waals surface area contributed by atoms with Crippen LogP contribution in [0.4, 0.5) is 4.39 Å². The van der Waals surface area contributed by atoms with Crippen LogP contribution >= 0.6 is 11.3 Å². The van der Waals surface area contributed by atoms with E-state index in [2.05, 4.69) is 20.9 Å². The third-order valence-electron chi connectivity index (χ3n) is 11.3. The molecule has 14 heteroatoms. The van der Waals surface area contributed by atoms with E-state index in [1.165, 1.54) is 18.4 Å². The van der Waals surface area contributed by atoms with Crippen molar-refractivity contribution in [2.24, 2.45) is 17.8 Å². The van der Waals surface area contributed by atoms with Gasteiger partial charge in [0.05, 0.1) is 42.7 Å². The molecule has 54 heavy (non-hydrogen) atoms. The van der Waals surface area contributed by atoms with Crippen molar-refractivity contribution in [3.63, 3.8) is 0 Å². The predicted octanol–water partition coefficient (Wildman–Crippen LogP) is 4.31. The average molecular weight is 773 g/mol. The second kappa shape index (κ2) is 19.9.